The number of hydrazine groups is 1. The Hall–Kier alpha value is -2.31. The topological polar surface area (TPSA) is 81.7 Å². The quantitative estimate of drug-likeness (QED) is 0.547. The third-order valence-electron chi connectivity index (χ3n) is 3.30. The normalized spacial score (nSPS) is 12.7. The van der Waals surface area contributed by atoms with Gasteiger partial charge in [0, 0.05) is 25.6 Å². The number of para-hydroxylation sites is 1. The highest BCUT2D eigenvalue weighted by atomic mass is 15.2. The van der Waals surface area contributed by atoms with Crippen molar-refractivity contribution in [1.82, 2.24) is 25.2 Å². The van der Waals surface area contributed by atoms with Crippen LogP contribution in [0, 0.1) is 0 Å². The Morgan fingerprint density at radius 1 is 1.30 bits per heavy atom. The molecule has 0 radical (unpaired) electrons. The minimum atomic E-state index is -0.0281. The number of benzene rings is 1. The Labute approximate surface area is 116 Å². The zero-order valence-electron chi connectivity index (χ0n) is 11.2. The van der Waals surface area contributed by atoms with Gasteiger partial charge in [-0.15, -0.1) is 0 Å². The molecule has 3 aromatic rings. The molecular weight excluding hydrogens is 252 g/mol. The van der Waals surface area contributed by atoms with Crippen molar-refractivity contribution in [3.05, 3.63) is 54.1 Å². The van der Waals surface area contributed by atoms with E-state index in [-0.39, 0.29) is 6.04 Å². The molecule has 0 aliphatic carbocycles. The van der Waals surface area contributed by atoms with E-state index in [1.807, 2.05) is 37.6 Å². The van der Waals surface area contributed by atoms with Gasteiger partial charge in [-0.2, -0.15) is 5.10 Å². The number of aromatic nitrogens is 4. The molecule has 0 fully saturated rings. The van der Waals surface area contributed by atoms with E-state index in [4.69, 9.17) is 5.84 Å². The number of aryl methyl sites for hydroxylation is 1. The van der Waals surface area contributed by atoms with E-state index in [0.717, 1.165) is 28.6 Å². The summed E-state index contributed by atoms with van der Waals surface area (Å²) in [4.78, 5) is 8.74. The molecule has 1 aromatic carbocycles. The molecule has 2 aromatic heterocycles. The van der Waals surface area contributed by atoms with E-state index in [1.54, 1.807) is 17.1 Å². The van der Waals surface area contributed by atoms with Crippen LogP contribution in [0.2, 0.25) is 0 Å². The van der Waals surface area contributed by atoms with Crippen LogP contribution in [0.4, 0.5) is 0 Å². The first-order chi connectivity index (χ1) is 9.78. The lowest BCUT2D eigenvalue weighted by atomic mass is 10.00. The second-order valence-electron chi connectivity index (χ2n) is 4.72. The molecule has 1 atom stereocenters. The lowest BCUT2D eigenvalue weighted by Crippen LogP contribution is -2.29. The molecule has 3 rings (SSSR count). The van der Waals surface area contributed by atoms with Crippen LogP contribution in [-0.2, 0) is 13.5 Å². The van der Waals surface area contributed by atoms with E-state index in [2.05, 4.69) is 20.5 Å². The summed E-state index contributed by atoms with van der Waals surface area (Å²) in [5.74, 6) is 5.73. The molecule has 102 valence electrons. The Kier molecular flexibility index (Phi) is 3.41. The molecule has 20 heavy (non-hydrogen) atoms. The monoisotopic (exact) mass is 268 g/mol. The maximum atomic E-state index is 5.73. The fourth-order valence-corrected chi connectivity index (χ4v) is 2.37. The first-order valence-corrected chi connectivity index (χ1v) is 6.41. The van der Waals surface area contributed by atoms with Crippen molar-refractivity contribution < 1.29 is 0 Å². The molecule has 0 amide bonds. The largest absolute Gasteiger partial charge is 0.276 e. The maximum absolute atomic E-state index is 5.73. The van der Waals surface area contributed by atoms with Gasteiger partial charge in [-0.25, -0.2) is 0 Å². The number of hydrogen-bond acceptors (Lipinski definition) is 5. The number of fused-ring (bicyclic) bond motifs is 1. The Morgan fingerprint density at radius 3 is 2.90 bits per heavy atom. The molecule has 0 aliphatic rings. The van der Waals surface area contributed by atoms with E-state index in [0.29, 0.717) is 0 Å². The number of hydrogen-bond donors (Lipinski definition) is 2. The SMILES string of the molecule is Cn1cc(CC(NN)c2cccc3nccnc23)cn1. The van der Waals surface area contributed by atoms with Crippen LogP contribution in [0.15, 0.2) is 43.0 Å². The molecule has 0 spiro atoms. The number of nitrogens with one attached hydrogen (secondary N) is 1. The average molecular weight is 268 g/mol. The van der Waals surface area contributed by atoms with Gasteiger partial charge in [0.1, 0.15) is 0 Å². The first kappa shape index (κ1) is 12.7. The highest BCUT2D eigenvalue weighted by molar-refractivity contribution is 5.78. The molecule has 0 saturated heterocycles. The fraction of sp³-hybridized carbons (Fsp3) is 0.214. The molecule has 6 heteroatoms. The average Bonchev–Trinajstić information content (AvgIpc) is 2.89. The molecule has 0 saturated carbocycles. The standard InChI is InChI=1S/C14H16N6/c1-20-9-10(8-18-20)7-13(19-15)11-3-2-4-12-14(11)17-6-5-16-12/h2-6,8-9,13,19H,7,15H2,1H3. The highest BCUT2D eigenvalue weighted by Gasteiger charge is 2.15. The van der Waals surface area contributed by atoms with Crippen LogP contribution in [0.25, 0.3) is 11.0 Å². The van der Waals surface area contributed by atoms with Crippen LogP contribution in [0.3, 0.4) is 0 Å². The zero-order chi connectivity index (χ0) is 13.9. The predicted molar refractivity (Wildman–Crippen MR) is 76.5 cm³/mol. The molecule has 0 bridgehead atoms. The molecule has 1 unspecified atom stereocenters. The summed E-state index contributed by atoms with van der Waals surface area (Å²) in [5.41, 5.74) is 6.78. The minimum absolute atomic E-state index is 0.0281. The van der Waals surface area contributed by atoms with Crippen molar-refractivity contribution in [2.24, 2.45) is 12.9 Å². The summed E-state index contributed by atoms with van der Waals surface area (Å²) in [5, 5.41) is 4.18. The van der Waals surface area contributed by atoms with Gasteiger partial charge >= 0.3 is 0 Å². The second-order valence-corrected chi connectivity index (χ2v) is 4.72. The van der Waals surface area contributed by atoms with Gasteiger partial charge in [-0.3, -0.25) is 25.9 Å². The van der Waals surface area contributed by atoms with Gasteiger partial charge in [-0.1, -0.05) is 12.1 Å². The van der Waals surface area contributed by atoms with Gasteiger partial charge in [0.2, 0.25) is 0 Å². The highest BCUT2D eigenvalue weighted by Crippen LogP contribution is 2.23. The van der Waals surface area contributed by atoms with Gasteiger partial charge in [0.15, 0.2) is 0 Å². The number of nitrogens with zero attached hydrogens (tertiary/aromatic N) is 4. The molecule has 2 heterocycles. The minimum Gasteiger partial charge on any atom is -0.276 e. The Bertz CT molecular complexity index is 715. The van der Waals surface area contributed by atoms with Gasteiger partial charge in [0.05, 0.1) is 23.3 Å². The lowest BCUT2D eigenvalue weighted by Gasteiger charge is -2.16. The zero-order valence-corrected chi connectivity index (χ0v) is 11.2. The van der Waals surface area contributed by atoms with Crippen LogP contribution in [0.1, 0.15) is 17.2 Å². The van der Waals surface area contributed by atoms with E-state index in [9.17, 15) is 0 Å². The predicted octanol–water partition coefficient (Wildman–Crippen LogP) is 1.11. The van der Waals surface area contributed by atoms with E-state index >= 15 is 0 Å². The fourth-order valence-electron chi connectivity index (χ4n) is 2.37. The third kappa shape index (κ3) is 2.38. The van der Waals surface area contributed by atoms with Crippen molar-refractivity contribution in [2.45, 2.75) is 12.5 Å². The summed E-state index contributed by atoms with van der Waals surface area (Å²) < 4.78 is 1.78. The first-order valence-electron chi connectivity index (χ1n) is 6.41. The summed E-state index contributed by atoms with van der Waals surface area (Å²) >= 11 is 0. The van der Waals surface area contributed by atoms with Crippen molar-refractivity contribution in [3.63, 3.8) is 0 Å². The molecular formula is C14H16N6. The van der Waals surface area contributed by atoms with E-state index < -0.39 is 0 Å². The van der Waals surface area contributed by atoms with Crippen molar-refractivity contribution in [3.8, 4) is 0 Å². The second kappa shape index (κ2) is 5.36. The van der Waals surface area contributed by atoms with Crippen molar-refractivity contribution in [2.75, 3.05) is 0 Å². The summed E-state index contributed by atoms with van der Waals surface area (Å²) in [6.45, 7) is 0. The number of nitrogens with two attached hydrogens (primary N) is 1. The van der Waals surface area contributed by atoms with Crippen LogP contribution < -0.4 is 11.3 Å². The summed E-state index contributed by atoms with van der Waals surface area (Å²) in [6.07, 6.45) is 7.98. The van der Waals surface area contributed by atoms with Crippen molar-refractivity contribution in [1.29, 1.82) is 0 Å². The number of rotatable bonds is 4. The smallest absolute Gasteiger partial charge is 0.0935 e. The lowest BCUT2D eigenvalue weighted by molar-refractivity contribution is 0.554. The summed E-state index contributed by atoms with van der Waals surface area (Å²) in [6, 6.07) is 5.92. The molecule has 3 N–H and O–H groups in total. The third-order valence-corrected chi connectivity index (χ3v) is 3.30. The summed E-state index contributed by atoms with van der Waals surface area (Å²) in [7, 11) is 1.90. The Balaban J connectivity index is 1.98. The van der Waals surface area contributed by atoms with Gasteiger partial charge < -0.3 is 0 Å². The molecule has 6 nitrogen and oxygen atoms in total. The van der Waals surface area contributed by atoms with Crippen LogP contribution >= 0.6 is 0 Å². The van der Waals surface area contributed by atoms with Crippen LogP contribution in [0.5, 0.6) is 0 Å². The Morgan fingerprint density at radius 2 is 2.15 bits per heavy atom. The maximum Gasteiger partial charge on any atom is 0.0935 e. The van der Waals surface area contributed by atoms with Crippen molar-refractivity contribution >= 4 is 11.0 Å². The van der Waals surface area contributed by atoms with Crippen LogP contribution in [-0.4, -0.2) is 19.7 Å². The van der Waals surface area contributed by atoms with Gasteiger partial charge in [-0.05, 0) is 23.6 Å². The molecule has 0 aliphatic heterocycles. The van der Waals surface area contributed by atoms with Gasteiger partial charge in [0.25, 0.3) is 0 Å². The van der Waals surface area contributed by atoms with E-state index in [1.165, 1.54) is 0 Å².